The van der Waals surface area contributed by atoms with Gasteiger partial charge in [0.15, 0.2) is 11.6 Å². The summed E-state index contributed by atoms with van der Waals surface area (Å²) in [5.74, 6) is -1.66. The zero-order valence-electron chi connectivity index (χ0n) is 9.47. The molecule has 0 aliphatic heterocycles. The molecule has 5 heteroatoms. The first-order valence-corrected chi connectivity index (χ1v) is 5.83. The van der Waals surface area contributed by atoms with Crippen LogP contribution in [0.4, 0.5) is 8.78 Å². The van der Waals surface area contributed by atoms with Crippen molar-refractivity contribution in [1.29, 1.82) is 0 Å². The molecule has 1 N–H and O–H groups in total. The van der Waals surface area contributed by atoms with Gasteiger partial charge in [-0.25, -0.2) is 8.78 Å². The van der Waals surface area contributed by atoms with Gasteiger partial charge in [-0.3, -0.25) is 4.79 Å². The van der Waals surface area contributed by atoms with E-state index < -0.39 is 11.6 Å². The summed E-state index contributed by atoms with van der Waals surface area (Å²) in [5, 5.41) is 2.62. The molecule has 1 aromatic rings. The molecule has 0 aromatic heterocycles. The van der Waals surface area contributed by atoms with Gasteiger partial charge in [-0.05, 0) is 12.0 Å². The van der Waals surface area contributed by atoms with Gasteiger partial charge >= 0.3 is 0 Å². The van der Waals surface area contributed by atoms with E-state index in [-0.39, 0.29) is 23.8 Å². The third kappa shape index (κ3) is 4.30. The SMILES string of the molecule is CC(CCl)CNC(=O)Cc1cccc(F)c1F. The standard InChI is InChI=1S/C12H14ClF2NO/c1-8(6-13)7-16-11(17)5-9-3-2-4-10(14)12(9)15/h2-4,8H,5-7H2,1H3,(H,16,17). The number of amides is 1. The minimum atomic E-state index is -0.965. The molecule has 17 heavy (non-hydrogen) atoms. The average molecular weight is 262 g/mol. The van der Waals surface area contributed by atoms with Crippen LogP contribution < -0.4 is 5.32 Å². The van der Waals surface area contributed by atoms with Gasteiger partial charge in [0, 0.05) is 18.0 Å². The molecule has 1 unspecified atom stereocenters. The van der Waals surface area contributed by atoms with Gasteiger partial charge in [-0.15, -0.1) is 11.6 Å². The molecule has 0 aliphatic rings. The number of carbonyl (C=O) groups is 1. The lowest BCUT2D eigenvalue weighted by atomic mass is 10.1. The number of alkyl halides is 1. The minimum absolute atomic E-state index is 0.0565. The molecule has 0 bridgehead atoms. The van der Waals surface area contributed by atoms with Crippen molar-refractivity contribution in [3.8, 4) is 0 Å². The molecule has 94 valence electrons. The third-order valence-electron chi connectivity index (χ3n) is 2.29. The number of halogens is 3. The highest BCUT2D eigenvalue weighted by Crippen LogP contribution is 2.11. The van der Waals surface area contributed by atoms with Crippen molar-refractivity contribution in [2.24, 2.45) is 5.92 Å². The fraction of sp³-hybridized carbons (Fsp3) is 0.417. The van der Waals surface area contributed by atoms with E-state index in [1.807, 2.05) is 6.92 Å². The third-order valence-corrected chi connectivity index (χ3v) is 2.82. The van der Waals surface area contributed by atoms with Gasteiger partial charge in [0.25, 0.3) is 0 Å². The Morgan fingerprint density at radius 2 is 2.18 bits per heavy atom. The molecule has 0 saturated heterocycles. The van der Waals surface area contributed by atoms with E-state index in [1.54, 1.807) is 0 Å². The number of rotatable bonds is 5. The van der Waals surface area contributed by atoms with Crippen molar-refractivity contribution >= 4 is 17.5 Å². The highest BCUT2D eigenvalue weighted by atomic mass is 35.5. The molecule has 0 fully saturated rings. The van der Waals surface area contributed by atoms with E-state index >= 15 is 0 Å². The molecule has 1 amide bonds. The van der Waals surface area contributed by atoms with E-state index in [4.69, 9.17) is 11.6 Å². The van der Waals surface area contributed by atoms with Crippen molar-refractivity contribution in [1.82, 2.24) is 5.32 Å². The van der Waals surface area contributed by atoms with E-state index in [9.17, 15) is 13.6 Å². The summed E-state index contributed by atoms with van der Waals surface area (Å²) in [6.45, 7) is 2.31. The first-order chi connectivity index (χ1) is 8.04. The molecule has 0 heterocycles. The van der Waals surface area contributed by atoms with Crippen LogP contribution in [0, 0.1) is 17.6 Å². The molecule has 2 nitrogen and oxygen atoms in total. The highest BCUT2D eigenvalue weighted by Gasteiger charge is 2.11. The molecule has 0 radical (unpaired) electrons. The lowest BCUT2D eigenvalue weighted by Gasteiger charge is -2.09. The van der Waals surface area contributed by atoms with Crippen molar-refractivity contribution < 1.29 is 13.6 Å². The summed E-state index contributed by atoms with van der Waals surface area (Å²) >= 11 is 5.58. The van der Waals surface area contributed by atoms with Crippen LogP contribution in [0.5, 0.6) is 0 Å². The largest absolute Gasteiger partial charge is 0.356 e. The van der Waals surface area contributed by atoms with Crippen LogP contribution in [0.1, 0.15) is 12.5 Å². The molecular formula is C12H14ClF2NO. The van der Waals surface area contributed by atoms with Gasteiger partial charge < -0.3 is 5.32 Å². The van der Waals surface area contributed by atoms with Crippen LogP contribution in [0.25, 0.3) is 0 Å². The summed E-state index contributed by atoms with van der Waals surface area (Å²) in [6, 6.07) is 3.79. The molecule has 1 atom stereocenters. The molecular weight excluding hydrogens is 248 g/mol. The number of benzene rings is 1. The van der Waals surface area contributed by atoms with E-state index in [1.165, 1.54) is 12.1 Å². The van der Waals surface area contributed by atoms with Gasteiger partial charge in [0.2, 0.25) is 5.91 Å². The number of hydrogen-bond acceptors (Lipinski definition) is 1. The van der Waals surface area contributed by atoms with Crippen molar-refractivity contribution in [2.75, 3.05) is 12.4 Å². The zero-order valence-corrected chi connectivity index (χ0v) is 10.2. The number of hydrogen-bond donors (Lipinski definition) is 1. The Kier molecular flexibility index (Phi) is 5.35. The van der Waals surface area contributed by atoms with Gasteiger partial charge in [-0.1, -0.05) is 19.1 Å². The number of nitrogens with one attached hydrogen (secondary N) is 1. The van der Waals surface area contributed by atoms with Crippen LogP contribution >= 0.6 is 11.6 Å². The van der Waals surface area contributed by atoms with E-state index in [0.29, 0.717) is 12.4 Å². The summed E-state index contributed by atoms with van der Waals surface area (Å²) in [7, 11) is 0. The predicted octanol–water partition coefficient (Wildman–Crippen LogP) is 2.50. The average Bonchev–Trinajstić information content (AvgIpc) is 2.32. The Morgan fingerprint density at radius 3 is 2.82 bits per heavy atom. The van der Waals surface area contributed by atoms with E-state index in [0.717, 1.165) is 6.07 Å². The lowest BCUT2D eigenvalue weighted by molar-refractivity contribution is -0.120. The molecule has 1 aromatic carbocycles. The summed E-state index contributed by atoms with van der Waals surface area (Å²) in [4.78, 5) is 11.5. The maximum atomic E-state index is 13.3. The first-order valence-electron chi connectivity index (χ1n) is 5.30. The molecule has 0 aliphatic carbocycles. The summed E-state index contributed by atoms with van der Waals surface area (Å²) in [5.41, 5.74) is 0.0565. The molecule has 1 rings (SSSR count). The topological polar surface area (TPSA) is 29.1 Å². The zero-order chi connectivity index (χ0) is 12.8. The first kappa shape index (κ1) is 13.9. The second-order valence-corrected chi connectivity index (χ2v) is 4.26. The highest BCUT2D eigenvalue weighted by molar-refractivity contribution is 6.18. The van der Waals surface area contributed by atoms with Crippen LogP contribution in [-0.2, 0) is 11.2 Å². The van der Waals surface area contributed by atoms with Crippen LogP contribution in [0.2, 0.25) is 0 Å². The monoisotopic (exact) mass is 261 g/mol. The van der Waals surface area contributed by atoms with Crippen molar-refractivity contribution in [3.05, 3.63) is 35.4 Å². The maximum Gasteiger partial charge on any atom is 0.224 e. The summed E-state index contributed by atoms with van der Waals surface area (Å²) in [6.07, 6.45) is -0.168. The number of carbonyl (C=O) groups excluding carboxylic acids is 1. The normalized spacial score (nSPS) is 12.2. The second kappa shape index (κ2) is 6.55. The van der Waals surface area contributed by atoms with Gasteiger partial charge in [0.05, 0.1) is 6.42 Å². The Bertz CT molecular complexity index is 398. The Labute approximate surface area is 104 Å². The van der Waals surface area contributed by atoms with Gasteiger partial charge in [0.1, 0.15) is 0 Å². The minimum Gasteiger partial charge on any atom is -0.356 e. The smallest absolute Gasteiger partial charge is 0.224 e. The van der Waals surface area contributed by atoms with Crippen molar-refractivity contribution in [3.63, 3.8) is 0 Å². The predicted molar refractivity (Wildman–Crippen MR) is 63.0 cm³/mol. The van der Waals surface area contributed by atoms with Crippen LogP contribution in [0.15, 0.2) is 18.2 Å². The Morgan fingerprint density at radius 1 is 1.47 bits per heavy atom. The fourth-order valence-corrected chi connectivity index (χ4v) is 1.37. The fourth-order valence-electron chi connectivity index (χ4n) is 1.26. The van der Waals surface area contributed by atoms with Crippen molar-refractivity contribution in [2.45, 2.75) is 13.3 Å². The van der Waals surface area contributed by atoms with Gasteiger partial charge in [-0.2, -0.15) is 0 Å². The second-order valence-electron chi connectivity index (χ2n) is 3.95. The maximum absolute atomic E-state index is 13.3. The van der Waals surface area contributed by atoms with Crippen LogP contribution in [0.3, 0.4) is 0 Å². The lowest BCUT2D eigenvalue weighted by Crippen LogP contribution is -2.30. The Hall–Kier alpha value is -1.16. The molecule has 0 saturated carbocycles. The van der Waals surface area contributed by atoms with Crippen LogP contribution in [-0.4, -0.2) is 18.3 Å². The molecule has 0 spiro atoms. The van der Waals surface area contributed by atoms with E-state index in [2.05, 4.69) is 5.32 Å². The summed E-state index contributed by atoms with van der Waals surface area (Å²) < 4.78 is 26.1. The Balaban J connectivity index is 2.54. The quantitative estimate of drug-likeness (QED) is 0.811.